The summed E-state index contributed by atoms with van der Waals surface area (Å²) in [6, 6.07) is 3.94. The summed E-state index contributed by atoms with van der Waals surface area (Å²) >= 11 is 0. The average Bonchev–Trinajstić information content (AvgIpc) is 2.37. The molecule has 0 amide bonds. The molecule has 94 valence electrons. The van der Waals surface area contributed by atoms with Gasteiger partial charge in [-0.25, -0.2) is 0 Å². The van der Waals surface area contributed by atoms with Crippen LogP contribution in [0.4, 0.5) is 0 Å². The molecule has 0 heterocycles. The van der Waals surface area contributed by atoms with Gasteiger partial charge in [0.25, 0.3) is 0 Å². The lowest BCUT2D eigenvalue weighted by Crippen LogP contribution is -1.89. The highest BCUT2D eigenvalue weighted by Crippen LogP contribution is 2.47. The monoisotopic (exact) mass is 247 g/mol. The van der Waals surface area contributed by atoms with Gasteiger partial charge < -0.3 is 20.4 Å². The quantitative estimate of drug-likeness (QED) is 0.624. The van der Waals surface area contributed by atoms with Crippen LogP contribution in [-0.2, 0) is 0 Å². The lowest BCUT2D eigenvalue weighted by atomic mass is 9.96. The molecule has 4 nitrogen and oxygen atoms in total. The first-order chi connectivity index (χ1) is 8.86. The normalized spacial score (nSPS) is 11.3. The van der Waals surface area contributed by atoms with E-state index in [4.69, 9.17) is 1.37 Å². The number of hydrogen-bond donors (Lipinski definition) is 4. The minimum Gasteiger partial charge on any atom is -0.507 e. The van der Waals surface area contributed by atoms with Crippen molar-refractivity contribution in [1.82, 2.24) is 0 Å². The fourth-order valence-electron chi connectivity index (χ4n) is 1.83. The topological polar surface area (TPSA) is 80.9 Å². The third-order valence-corrected chi connectivity index (χ3v) is 2.97. The van der Waals surface area contributed by atoms with Crippen LogP contribution in [0.1, 0.15) is 12.5 Å². The molecule has 2 aromatic rings. The summed E-state index contributed by atoms with van der Waals surface area (Å²) in [5, 5.41) is 39.7. The van der Waals surface area contributed by atoms with Gasteiger partial charge in [0.05, 0.1) is 12.5 Å². The lowest BCUT2D eigenvalue weighted by Gasteiger charge is -2.14. The molecule has 0 aromatic heterocycles. The number of hydrogen-bond acceptors (Lipinski definition) is 4. The van der Waals surface area contributed by atoms with E-state index >= 15 is 0 Å². The van der Waals surface area contributed by atoms with Gasteiger partial charge in [0.1, 0.15) is 23.0 Å². The highest BCUT2D eigenvalue weighted by atomic mass is 16.3. The zero-order valence-electron chi connectivity index (χ0n) is 11.0. The Morgan fingerprint density at radius 2 is 1.44 bits per heavy atom. The van der Waals surface area contributed by atoms with Crippen molar-refractivity contribution in [3.8, 4) is 34.1 Å². The number of benzene rings is 2. The molecule has 2 rings (SSSR count). The van der Waals surface area contributed by atoms with Gasteiger partial charge in [-0.2, -0.15) is 0 Å². The van der Waals surface area contributed by atoms with E-state index in [-0.39, 0.29) is 34.4 Å². The molecule has 0 atom stereocenters. The second-order valence-electron chi connectivity index (χ2n) is 4.12. The first kappa shape index (κ1) is 10.8. The maximum Gasteiger partial charge on any atom is 0.130 e. The van der Waals surface area contributed by atoms with Gasteiger partial charge in [0.15, 0.2) is 0 Å². The molecule has 0 bridgehead atoms. The molecule has 18 heavy (non-hydrogen) atoms. The van der Waals surface area contributed by atoms with Gasteiger partial charge in [-0.05, 0) is 43.1 Å². The van der Waals surface area contributed by atoms with E-state index in [2.05, 4.69) is 0 Å². The van der Waals surface area contributed by atoms with Crippen LogP contribution in [0, 0.1) is 13.8 Å². The van der Waals surface area contributed by atoms with Crippen molar-refractivity contribution in [3.05, 3.63) is 35.4 Å². The molecule has 0 radical (unpaired) electrons. The van der Waals surface area contributed by atoms with Crippen LogP contribution in [-0.4, -0.2) is 20.4 Å². The number of rotatable bonds is 1. The van der Waals surface area contributed by atoms with E-state index in [1.54, 1.807) is 13.8 Å². The number of phenolic OH excluding ortho intramolecular Hbond substituents is 4. The Labute approximate surface area is 106 Å². The second kappa shape index (κ2) is 4.14. The summed E-state index contributed by atoms with van der Waals surface area (Å²) in [7, 11) is 0. The van der Waals surface area contributed by atoms with Crippen molar-refractivity contribution in [2.24, 2.45) is 0 Å². The minimum absolute atomic E-state index is 0.0888. The molecule has 0 unspecified atom stereocenters. The Morgan fingerprint density at radius 3 is 2.00 bits per heavy atom. The van der Waals surface area contributed by atoms with Crippen LogP contribution in [0.2, 0.25) is 0 Å². The van der Waals surface area contributed by atoms with E-state index in [0.29, 0.717) is 11.1 Å². The van der Waals surface area contributed by atoms with Crippen molar-refractivity contribution >= 4 is 0 Å². The molecule has 2 aromatic carbocycles. The van der Waals surface area contributed by atoms with Crippen LogP contribution in [0.3, 0.4) is 0 Å². The Morgan fingerprint density at radius 1 is 0.889 bits per heavy atom. The summed E-state index contributed by atoms with van der Waals surface area (Å²) in [6.07, 6.45) is 0. The smallest absolute Gasteiger partial charge is 0.130 e. The molecule has 0 saturated heterocycles. The summed E-state index contributed by atoms with van der Waals surface area (Å²) in [5.74, 6) is -1.30. The first-order valence-corrected chi connectivity index (χ1v) is 5.39. The van der Waals surface area contributed by atoms with Crippen molar-refractivity contribution in [2.75, 3.05) is 0 Å². The highest BCUT2D eigenvalue weighted by molar-refractivity contribution is 5.85. The molecule has 0 aliphatic rings. The van der Waals surface area contributed by atoms with E-state index in [9.17, 15) is 20.4 Å². The predicted molar refractivity (Wildman–Crippen MR) is 68.0 cm³/mol. The van der Waals surface area contributed by atoms with Crippen LogP contribution in [0.25, 0.3) is 11.1 Å². The second-order valence-corrected chi connectivity index (χ2v) is 4.12. The number of phenols is 4. The first-order valence-electron chi connectivity index (χ1n) is 5.89. The van der Waals surface area contributed by atoms with E-state index < -0.39 is 5.75 Å². The van der Waals surface area contributed by atoms with Crippen molar-refractivity contribution in [1.29, 1.82) is 0 Å². The van der Waals surface area contributed by atoms with Gasteiger partial charge >= 0.3 is 0 Å². The van der Waals surface area contributed by atoms with Gasteiger partial charge in [-0.1, -0.05) is 6.07 Å². The zero-order chi connectivity index (χ0) is 14.3. The molecule has 4 heteroatoms. The van der Waals surface area contributed by atoms with Crippen LogP contribution in [0.15, 0.2) is 24.2 Å². The Balaban J connectivity index is 2.92. The van der Waals surface area contributed by atoms with Crippen LogP contribution < -0.4 is 0 Å². The molecular weight excluding hydrogens is 232 g/mol. The van der Waals surface area contributed by atoms with Crippen molar-refractivity contribution < 1.29 is 21.8 Å². The standard InChI is InChI=1S/C14H14O4/c1-7-6-11(17)13(14(18)8(7)2)12-9(15)4-3-5-10(12)16/h3-6,15-18H,1-2H3/i6D. The third kappa shape index (κ3) is 1.72. The number of aromatic hydroxyl groups is 4. The lowest BCUT2D eigenvalue weighted by molar-refractivity contribution is 0.437. The third-order valence-electron chi connectivity index (χ3n) is 2.97. The van der Waals surface area contributed by atoms with E-state index in [1.165, 1.54) is 18.2 Å². The molecule has 0 aliphatic carbocycles. The van der Waals surface area contributed by atoms with Crippen molar-refractivity contribution in [3.63, 3.8) is 0 Å². The van der Waals surface area contributed by atoms with Gasteiger partial charge in [0, 0.05) is 0 Å². The van der Waals surface area contributed by atoms with E-state index in [0.717, 1.165) is 0 Å². The molecule has 0 saturated carbocycles. The Kier molecular flexibility index (Phi) is 2.48. The molecule has 0 fully saturated rings. The Bertz CT molecular complexity index is 616. The summed E-state index contributed by atoms with van der Waals surface area (Å²) in [5.41, 5.74) is 0.631. The molecule has 0 aliphatic heterocycles. The Hall–Kier alpha value is -2.36. The van der Waals surface area contributed by atoms with Gasteiger partial charge in [-0.15, -0.1) is 0 Å². The largest absolute Gasteiger partial charge is 0.507 e. The maximum atomic E-state index is 10.1. The maximum absolute atomic E-state index is 10.1. The zero-order valence-corrected chi connectivity index (χ0v) is 10.0. The fraction of sp³-hybridized carbons (Fsp3) is 0.143. The van der Waals surface area contributed by atoms with Gasteiger partial charge in [0.2, 0.25) is 0 Å². The van der Waals surface area contributed by atoms with Crippen LogP contribution in [0.5, 0.6) is 23.0 Å². The predicted octanol–water partition coefficient (Wildman–Crippen LogP) is 2.79. The van der Waals surface area contributed by atoms with E-state index in [1.807, 2.05) is 0 Å². The summed E-state index contributed by atoms with van der Waals surface area (Å²) in [6.45, 7) is 3.20. The highest BCUT2D eigenvalue weighted by Gasteiger charge is 2.20. The summed E-state index contributed by atoms with van der Waals surface area (Å²) < 4.78 is 7.79. The SMILES string of the molecule is [2H]c1c(C)c(C)c(O)c(-c2c(O)cccc2O)c1O. The molecular formula is C14H14O4. The molecule has 4 N–H and O–H groups in total. The average molecular weight is 247 g/mol. The molecule has 0 spiro atoms. The van der Waals surface area contributed by atoms with Crippen molar-refractivity contribution in [2.45, 2.75) is 13.8 Å². The summed E-state index contributed by atoms with van der Waals surface area (Å²) in [4.78, 5) is 0. The van der Waals surface area contributed by atoms with Gasteiger partial charge in [-0.3, -0.25) is 0 Å². The fourth-order valence-corrected chi connectivity index (χ4v) is 1.83. The van der Waals surface area contributed by atoms with Crippen LogP contribution >= 0.6 is 0 Å². The minimum atomic E-state index is -0.475.